The van der Waals surface area contributed by atoms with Crippen LogP contribution >= 0.6 is 0 Å². The zero-order valence-electron chi connectivity index (χ0n) is 10.2. The summed E-state index contributed by atoms with van der Waals surface area (Å²) in [6.45, 7) is 1.53. The van der Waals surface area contributed by atoms with Crippen LogP contribution in [0, 0.1) is 0 Å². The van der Waals surface area contributed by atoms with Crippen LogP contribution in [0.15, 0.2) is 18.5 Å². The predicted molar refractivity (Wildman–Crippen MR) is 66.5 cm³/mol. The summed E-state index contributed by atoms with van der Waals surface area (Å²) in [6.07, 6.45) is 3.04. The molecule has 0 saturated carbocycles. The Labute approximate surface area is 109 Å². The van der Waals surface area contributed by atoms with E-state index >= 15 is 0 Å². The highest BCUT2D eigenvalue weighted by molar-refractivity contribution is 5.91. The van der Waals surface area contributed by atoms with Gasteiger partial charge in [0.1, 0.15) is 6.04 Å². The number of piperazine rings is 1. The molecule has 1 aromatic rings. The van der Waals surface area contributed by atoms with Gasteiger partial charge >= 0.3 is 5.97 Å². The van der Waals surface area contributed by atoms with Crippen molar-refractivity contribution in [2.24, 2.45) is 0 Å². The van der Waals surface area contributed by atoms with Crippen LogP contribution in [0.1, 0.15) is 0 Å². The summed E-state index contributed by atoms with van der Waals surface area (Å²) in [7, 11) is 0. The summed E-state index contributed by atoms with van der Waals surface area (Å²) in [5, 5.41) is 14.6. The molecule has 2 heterocycles. The first-order chi connectivity index (χ1) is 9.16. The first-order valence-electron chi connectivity index (χ1n) is 5.91. The number of anilines is 1. The summed E-state index contributed by atoms with van der Waals surface area (Å²) in [5.41, 5.74) is 0. The molecule has 0 radical (unpaired) electrons. The molecule has 1 fully saturated rings. The molecule has 0 bridgehead atoms. The number of aliphatic carboxylic acids is 1. The second-order valence-electron chi connectivity index (χ2n) is 4.15. The molecule has 1 aliphatic rings. The molecule has 0 aliphatic carbocycles. The minimum Gasteiger partial charge on any atom is -0.480 e. The van der Waals surface area contributed by atoms with Crippen molar-refractivity contribution in [1.82, 2.24) is 20.2 Å². The van der Waals surface area contributed by atoms with Crippen molar-refractivity contribution in [1.29, 1.82) is 0 Å². The van der Waals surface area contributed by atoms with Gasteiger partial charge in [-0.25, -0.2) is 9.97 Å². The standard InChI is InChI=1S/C11H15N5O3/c17-9(15-11-13-2-1-3-14-11)7-16-5-4-12-6-8(16)10(18)19/h1-3,8,12H,4-7H2,(H,18,19)(H,13,14,15,17). The summed E-state index contributed by atoms with van der Waals surface area (Å²) < 4.78 is 0. The summed E-state index contributed by atoms with van der Waals surface area (Å²) in [4.78, 5) is 32.2. The van der Waals surface area contributed by atoms with Gasteiger partial charge in [-0.2, -0.15) is 0 Å². The lowest BCUT2D eigenvalue weighted by molar-refractivity contribution is -0.144. The average Bonchev–Trinajstić information content (AvgIpc) is 2.40. The van der Waals surface area contributed by atoms with Crippen molar-refractivity contribution in [3.05, 3.63) is 18.5 Å². The van der Waals surface area contributed by atoms with Crippen LogP contribution in [-0.4, -0.2) is 64.1 Å². The van der Waals surface area contributed by atoms with Crippen LogP contribution in [-0.2, 0) is 9.59 Å². The quantitative estimate of drug-likeness (QED) is 0.626. The molecule has 1 atom stereocenters. The summed E-state index contributed by atoms with van der Waals surface area (Å²) in [6, 6.07) is 0.961. The van der Waals surface area contributed by atoms with E-state index in [1.54, 1.807) is 11.0 Å². The molecule has 1 aromatic heterocycles. The smallest absolute Gasteiger partial charge is 0.322 e. The highest BCUT2D eigenvalue weighted by atomic mass is 16.4. The number of aromatic nitrogens is 2. The molecule has 1 aliphatic heterocycles. The normalized spacial score (nSPS) is 19.9. The van der Waals surface area contributed by atoms with Gasteiger partial charge in [0, 0.05) is 32.0 Å². The number of hydrogen-bond donors (Lipinski definition) is 3. The van der Waals surface area contributed by atoms with Gasteiger partial charge in [0.05, 0.1) is 6.54 Å². The van der Waals surface area contributed by atoms with Crippen molar-refractivity contribution < 1.29 is 14.7 Å². The number of carboxylic acid groups (broad SMARTS) is 1. The number of nitrogens with one attached hydrogen (secondary N) is 2. The van der Waals surface area contributed by atoms with Gasteiger partial charge < -0.3 is 10.4 Å². The molecule has 2 rings (SSSR count). The van der Waals surface area contributed by atoms with Crippen LogP contribution in [0.2, 0.25) is 0 Å². The zero-order valence-corrected chi connectivity index (χ0v) is 10.2. The fourth-order valence-electron chi connectivity index (χ4n) is 1.89. The van der Waals surface area contributed by atoms with Gasteiger partial charge in [-0.3, -0.25) is 19.8 Å². The zero-order chi connectivity index (χ0) is 13.7. The van der Waals surface area contributed by atoms with E-state index in [1.807, 2.05) is 0 Å². The van der Waals surface area contributed by atoms with Crippen LogP contribution < -0.4 is 10.6 Å². The Morgan fingerprint density at radius 2 is 2.21 bits per heavy atom. The maximum Gasteiger partial charge on any atom is 0.322 e. The van der Waals surface area contributed by atoms with E-state index in [4.69, 9.17) is 5.11 Å². The van der Waals surface area contributed by atoms with Gasteiger partial charge in [-0.15, -0.1) is 0 Å². The van der Waals surface area contributed by atoms with E-state index in [2.05, 4.69) is 20.6 Å². The third kappa shape index (κ3) is 3.70. The minimum atomic E-state index is -0.934. The lowest BCUT2D eigenvalue weighted by Crippen LogP contribution is -2.56. The first-order valence-corrected chi connectivity index (χ1v) is 5.91. The molecular formula is C11H15N5O3. The monoisotopic (exact) mass is 265 g/mol. The van der Waals surface area contributed by atoms with Crippen molar-refractivity contribution in [2.75, 3.05) is 31.5 Å². The van der Waals surface area contributed by atoms with Gasteiger partial charge in [0.2, 0.25) is 11.9 Å². The second-order valence-corrected chi connectivity index (χ2v) is 4.15. The van der Waals surface area contributed by atoms with Crippen LogP contribution in [0.3, 0.4) is 0 Å². The fraction of sp³-hybridized carbons (Fsp3) is 0.455. The van der Waals surface area contributed by atoms with Crippen molar-refractivity contribution >= 4 is 17.8 Å². The third-order valence-electron chi connectivity index (χ3n) is 2.80. The molecule has 8 nitrogen and oxygen atoms in total. The first kappa shape index (κ1) is 13.4. The Balaban J connectivity index is 1.92. The predicted octanol–water partition coefficient (Wildman–Crippen LogP) is -1.23. The van der Waals surface area contributed by atoms with Crippen LogP contribution in [0.5, 0.6) is 0 Å². The summed E-state index contributed by atoms with van der Waals surface area (Å²) >= 11 is 0. The molecule has 0 aromatic carbocycles. The molecule has 1 amide bonds. The van der Waals surface area contributed by atoms with E-state index in [1.165, 1.54) is 12.4 Å². The van der Waals surface area contributed by atoms with E-state index in [-0.39, 0.29) is 18.4 Å². The Hall–Kier alpha value is -2.06. The largest absolute Gasteiger partial charge is 0.480 e. The molecule has 19 heavy (non-hydrogen) atoms. The highest BCUT2D eigenvalue weighted by Crippen LogP contribution is 2.04. The number of amides is 1. The molecule has 102 valence electrons. The Morgan fingerprint density at radius 1 is 1.47 bits per heavy atom. The number of rotatable bonds is 4. The molecule has 1 saturated heterocycles. The number of carbonyl (C=O) groups excluding carboxylic acids is 1. The lowest BCUT2D eigenvalue weighted by Gasteiger charge is -2.32. The van der Waals surface area contributed by atoms with E-state index < -0.39 is 12.0 Å². The number of carboxylic acids is 1. The minimum absolute atomic E-state index is 0.0108. The van der Waals surface area contributed by atoms with Crippen molar-refractivity contribution in [2.45, 2.75) is 6.04 Å². The number of hydrogen-bond acceptors (Lipinski definition) is 6. The molecule has 8 heteroatoms. The molecule has 1 unspecified atom stereocenters. The topological polar surface area (TPSA) is 107 Å². The average molecular weight is 265 g/mol. The number of nitrogens with zero attached hydrogens (tertiary/aromatic N) is 3. The maximum absolute atomic E-state index is 11.8. The van der Waals surface area contributed by atoms with E-state index in [0.29, 0.717) is 19.6 Å². The van der Waals surface area contributed by atoms with Gasteiger partial charge in [-0.05, 0) is 6.07 Å². The SMILES string of the molecule is O=C(CN1CCNCC1C(=O)O)Nc1ncccn1. The Kier molecular flexibility index (Phi) is 4.37. The molecule has 3 N–H and O–H groups in total. The van der Waals surface area contributed by atoms with Crippen molar-refractivity contribution in [3.8, 4) is 0 Å². The second kappa shape index (κ2) is 6.21. The third-order valence-corrected chi connectivity index (χ3v) is 2.80. The molecular weight excluding hydrogens is 250 g/mol. The van der Waals surface area contributed by atoms with E-state index in [0.717, 1.165) is 0 Å². The molecule has 0 spiro atoms. The van der Waals surface area contributed by atoms with E-state index in [9.17, 15) is 9.59 Å². The lowest BCUT2D eigenvalue weighted by atomic mass is 10.2. The Morgan fingerprint density at radius 3 is 2.89 bits per heavy atom. The highest BCUT2D eigenvalue weighted by Gasteiger charge is 2.29. The fourth-order valence-corrected chi connectivity index (χ4v) is 1.89. The van der Waals surface area contributed by atoms with Crippen LogP contribution in [0.4, 0.5) is 5.95 Å². The van der Waals surface area contributed by atoms with Crippen molar-refractivity contribution in [3.63, 3.8) is 0 Å². The summed E-state index contributed by atoms with van der Waals surface area (Å²) in [5.74, 6) is -1.04. The van der Waals surface area contributed by atoms with Gasteiger partial charge in [-0.1, -0.05) is 0 Å². The maximum atomic E-state index is 11.8. The Bertz CT molecular complexity index is 453. The van der Waals surface area contributed by atoms with Gasteiger partial charge in [0.25, 0.3) is 0 Å². The van der Waals surface area contributed by atoms with Gasteiger partial charge in [0.15, 0.2) is 0 Å². The van der Waals surface area contributed by atoms with Crippen LogP contribution in [0.25, 0.3) is 0 Å². The number of carbonyl (C=O) groups is 2.